The zero-order chi connectivity index (χ0) is 20.1. The molecule has 0 aromatic heterocycles. The van der Waals surface area contributed by atoms with Gasteiger partial charge in [0.15, 0.2) is 5.84 Å². The number of rotatable bonds is 3. The molecule has 7 nitrogen and oxygen atoms in total. The van der Waals surface area contributed by atoms with Crippen molar-refractivity contribution in [3.05, 3.63) is 53.6 Å². The topological polar surface area (TPSA) is 111 Å². The van der Waals surface area contributed by atoms with E-state index in [9.17, 15) is 28.6 Å². The number of phenols is 2. The first-order valence-electron chi connectivity index (χ1n) is 7.85. The summed E-state index contributed by atoms with van der Waals surface area (Å²) in [5.74, 6) is -4.79. The first-order chi connectivity index (χ1) is 12.7. The second-order valence-electron chi connectivity index (χ2n) is 5.81. The molecule has 27 heavy (non-hydrogen) atoms. The zero-order valence-electron chi connectivity index (χ0n) is 14.5. The monoisotopic (exact) mass is 377 g/mol. The molecule has 0 spiro atoms. The molecule has 0 saturated carbocycles. The van der Waals surface area contributed by atoms with Crippen LogP contribution in [-0.4, -0.2) is 33.9 Å². The van der Waals surface area contributed by atoms with Crippen LogP contribution in [0, 0.1) is 11.6 Å². The van der Waals surface area contributed by atoms with Crippen LogP contribution in [0.2, 0.25) is 0 Å². The van der Waals surface area contributed by atoms with Crippen molar-refractivity contribution in [2.45, 2.75) is 19.9 Å². The van der Waals surface area contributed by atoms with Crippen molar-refractivity contribution in [3.8, 4) is 11.5 Å². The number of aliphatic imine (C=N–C) groups is 1. The first-order valence-corrected chi connectivity index (χ1v) is 7.85. The number of anilines is 1. The molecule has 2 aromatic carbocycles. The van der Waals surface area contributed by atoms with E-state index in [-0.39, 0.29) is 11.4 Å². The summed E-state index contributed by atoms with van der Waals surface area (Å²) in [7, 11) is 0. The Labute approximate surface area is 153 Å². The van der Waals surface area contributed by atoms with E-state index < -0.39 is 46.6 Å². The largest absolute Gasteiger partial charge is 0.508 e. The van der Waals surface area contributed by atoms with Crippen molar-refractivity contribution in [1.82, 2.24) is 5.32 Å². The summed E-state index contributed by atoms with van der Waals surface area (Å²) in [6, 6.07) is 5.43. The summed E-state index contributed by atoms with van der Waals surface area (Å²) in [5, 5.41) is 23.5. The summed E-state index contributed by atoms with van der Waals surface area (Å²) >= 11 is 0. The lowest BCUT2D eigenvalue weighted by Gasteiger charge is -2.12. The summed E-state index contributed by atoms with van der Waals surface area (Å²) in [4.78, 5) is 28.6. The van der Waals surface area contributed by atoms with Gasteiger partial charge in [0.05, 0.1) is 11.3 Å². The summed E-state index contributed by atoms with van der Waals surface area (Å²) < 4.78 is 26.8. The molecule has 0 saturated heterocycles. The number of hydrogen-bond acceptors (Lipinski definition) is 5. The van der Waals surface area contributed by atoms with Gasteiger partial charge in [0.25, 0.3) is 11.8 Å². The fraction of sp³-hybridized carbons (Fsp3) is 0.167. The molecule has 2 rings (SSSR count). The second kappa shape index (κ2) is 8.26. The Morgan fingerprint density at radius 2 is 1.78 bits per heavy atom. The molecule has 0 bridgehead atoms. The SMILES string of the molecule is CC(C)/N=C(/NC(=O)c1cc(O)ccc1F)C(=O)Nc1ccc(F)cc1O. The Morgan fingerprint density at radius 1 is 1.07 bits per heavy atom. The van der Waals surface area contributed by atoms with Crippen molar-refractivity contribution in [2.75, 3.05) is 5.32 Å². The molecule has 142 valence electrons. The van der Waals surface area contributed by atoms with E-state index in [1.807, 2.05) is 0 Å². The summed E-state index contributed by atoms with van der Waals surface area (Å²) in [6.07, 6.45) is 0. The molecule has 0 aliphatic rings. The highest BCUT2D eigenvalue weighted by Gasteiger charge is 2.20. The number of amides is 2. The maximum absolute atomic E-state index is 13.8. The lowest BCUT2D eigenvalue weighted by molar-refractivity contribution is -0.110. The summed E-state index contributed by atoms with van der Waals surface area (Å²) in [5.41, 5.74) is -0.584. The van der Waals surface area contributed by atoms with E-state index in [0.29, 0.717) is 0 Å². The highest BCUT2D eigenvalue weighted by atomic mass is 19.1. The molecule has 0 atom stereocenters. The molecule has 2 aromatic rings. The van der Waals surface area contributed by atoms with Gasteiger partial charge in [-0.25, -0.2) is 8.78 Å². The van der Waals surface area contributed by atoms with Crippen LogP contribution in [0.15, 0.2) is 41.4 Å². The molecule has 4 N–H and O–H groups in total. The molecule has 0 radical (unpaired) electrons. The Morgan fingerprint density at radius 3 is 2.41 bits per heavy atom. The number of phenolic OH excluding ortho intramolecular Hbond substituents is 2. The van der Waals surface area contributed by atoms with Gasteiger partial charge in [-0.2, -0.15) is 0 Å². The molecule has 2 amide bonds. The van der Waals surface area contributed by atoms with Gasteiger partial charge in [-0.1, -0.05) is 0 Å². The minimum atomic E-state index is -0.999. The number of nitrogens with one attached hydrogen (secondary N) is 2. The lowest BCUT2D eigenvalue weighted by Crippen LogP contribution is -2.40. The highest BCUT2D eigenvalue weighted by molar-refractivity contribution is 6.45. The Bertz CT molecular complexity index is 913. The number of carbonyl (C=O) groups is 2. The zero-order valence-corrected chi connectivity index (χ0v) is 14.5. The maximum Gasteiger partial charge on any atom is 0.291 e. The highest BCUT2D eigenvalue weighted by Crippen LogP contribution is 2.23. The predicted molar refractivity (Wildman–Crippen MR) is 94.8 cm³/mol. The Kier molecular flexibility index (Phi) is 6.07. The fourth-order valence-corrected chi connectivity index (χ4v) is 2.06. The number of amidine groups is 1. The third-order valence-corrected chi connectivity index (χ3v) is 3.24. The number of hydrogen-bond donors (Lipinski definition) is 4. The van der Waals surface area contributed by atoms with Crippen LogP contribution in [0.4, 0.5) is 14.5 Å². The predicted octanol–water partition coefficient (Wildman–Crippen LogP) is 2.55. The van der Waals surface area contributed by atoms with E-state index in [4.69, 9.17) is 0 Å². The number of benzene rings is 2. The maximum atomic E-state index is 13.8. The van der Waals surface area contributed by atoms with Crippen LogP contribution in [-0.2, 0) is 4.79 Å². The molecule has 0 aliphatic heterocycles. The van der Waals surface area contributed by atoms with Gasteiger partial charge < -0.3 is 20.8 Å². The molecule has 9 heteroatoms. The van der Waals surface area contributed by atoms with Gasteiger partial charge in [0, 0.05) is 12.1 Å². The summed E-state index contributed by atoms with van der Waals surface area (Å²) in [6.45, 7) is 3.29. The number of halogens is 2. The van der Waals surface area contributed by atoms with Crippen molar-refractivity contribution >= 4 is 23.3 Å². The average molecular weight is 377 g/mol. The van der Waals surface area contributed by atoms with Crippen LogP contribution < -0.4 is 10.6 Å². The molecule has 0 fully saturated rings. The van der Waals surface area contributed by atoms with Gasteiger partial charge in [0.2, 0.25) is 0 Å². The van der Waals surface area contributed by atoms with Crippen LogP contribution in [0.1, 0.15) is 24.2 Å². The van der Waals surface area contributed by atoms with Crippen molar-refractivity contribution in [3.63, 3.8) is 0 Å². The normalized spacial score (nSPS) is 11.4. The second-order valence-corrected chi connectivity index (χ2v) is 5.81. The molecule has 0 heterocycles. The van der Waals surface area contributed by atoms with E-state index in [1.54, 1.807) is 13.8 Å². The first kappa shape index (κ1) is 19.8. The quantitative estimate of drug-likeness (QED) is 0.374. The van der Waals surface area contributed by atoms with Crippen molar-refractivity contribution in [1.29, 1.82) is 0 Å². The van der Waals surface area contributed by atoms with Crippen LogP contribution in [0.5, 0.6) is 11.5 Å². The van der Waals surface area contributed by atoms with E-state index >= 15 is 0 Å². The Balaban J connectivity index is 2.25. The Hall–Kier alpha value is -3.49. The molecular formula is C18H17F2N3O4. The number of carbonyl (C=O) groups excluding carboxylic acids is 2. The van der Waals surface area contributed by atoms with Gasteiger partial charge in [-0.15, -0.1) is 0 Å². The molecular weight excluding hydrogens is 360 g/mol. The fourth-order valence-electron chi connectivity index (χ4n) is 2.06. The van der Waals surface area contributed by atoms with Crippen molar-refractivity contribution < 1.29 is 28.6 Å². The van der Waals surface area contributed by atoms with E-state index in [0.717, 1.165) is 36.4 Å². The van der Waals surface area contributed by atoms with E-state index in [1.165, 1.54) is 0 Å². The molecule has 0 unspecified atom stereocenters. The van der Waals surface area contributed by atoms with Gasteiger partial charge >= 0.3 is 0 Å². The molecule has 0 aliphatic carbocycles. The standard InChI is InChI=1S/C18H17F2N3O4/c1-9(2)21-16(18(27)22-14-6-3-10(19)7-15(14)25)23-17(26)12-8-11(24)4-5-13(12)20/h3-9,24-25H,1-2H3,(H,22,27)(H,21,23,26). The third kappa shape index (κ3) is 5.24. The van der Waals surface area contributed by atoms with Gasteiger partial charge in [-0.05, 0) is 44.2 Å². The van der Waals surface area contributed by atoms with E-state index in [2.05, 4.69) is 15.6 Å². The van der Waals surface area contributed by atoms with Crippen LogP contribution in [0.3, 0.4) is 0 Å². The number of nitrogens with zero attached hydrogens (tertiary/aromatic N) is 1. The third-order valence-electron chi connectivity index (χ3n) is 3.24. The minimum absolute atomic E-state index is 0.101. The van der Waals surface area contributed by atoms with Gasteiger partial charge in [0.1, 0.15) is 23.1 Å². The number of aromatic hydroxyl groups is 2. The average Bonchev–Trinajstić information content (AvgIpc) is 2.58. The van der Waals surface area contributed by atoms with Crippen LogP contribution in [0.25, 0.3) is 0 Å². The minimum Gasteiger partial charge on any atom is -0.508 e. The van der Waals surface area contributed by atoms with Crippen LogP contribution >= 0.6 is 0 Å². The van der Waals surface area contributed by atoms with Gasteiger partial charge in [-0.3, -0.25) is 14.6 Å². The van der Waals surface area contributed by atoms with Crippen molar-refractivity contribution in [2.24, 2.45) is 4.99 Å². The lowest BCUT2D eigenvalue weighted by atomic mass is 10.2. The smallest absolute Gasteiger partial charge is 0.291 e.